The second-order valence-electron chi connectivity index (χ2n) is 24.4. The largest absolute Gasteiger partial charge is 0.443 e. The molecule has 2 radical (unpaired) electrons. The van der Waals surface area contributed by atoms with Crippen LogP contribution >= 0.6 is 47.8 Å². The molecule has 1 saturated heterocycles. The molecule has 0 unspecified atom stereocenters. The summed E-state index contributed by atoms with van der Waals surface area (Å²) in [5, 5.41) is 22.8. The van der Waals surface area contributed by atoms with Crippen LogP contribution in [0.25, 0.3) is 55.4 Å². The molecule has 11 aromatic rings. The maximum atomic E-state index is 15.2. The first-order chi connectivity index (χ1) is 49.6. The molecule has 5 aromatic carbocycles. The third kappa shape index (κ3) is 24.6. The van der Waals surface area contributed by atoms with Crippen molar-refractivity contribution in [1.82, 2.24) is 56.5 Å². The molecular formula is C73H69BBr3F6N13O7U. The molecule has 104 heavy (non-hydrogen) atoms. The average molecular weight is 1840 g/mol. The zero-order chi connectivity index (χ0) is 75.8. The van der Waals surface area contributed by atoms with Gasteiger partial charge in [-0.25, -0.2) is 47.2 Å². The Bertz CT molecular complexity index is 4770. The van der Waals surface area contributed by atoms with Crippen LogP contribution in [0.1, 0.15) is 110 Å². The number of fused-ring (bicyclic) bond motifs is 2. The molecule has 13 rings (SSSR count). The van der Waals surface area contributed by atoms with E-state index in [4.69, 9.17) is 21.4 Å². The maximum Gasteiger partial charge on any atom is 0.428 e. The Morgan fingerprint density at radius 3 is 1.47 bits per heavy atom. The van der Waals surface area contributed by atoms with Crippen LogP contribution in [-0.4, -0.2) is 110 Å². The molecule has 1 saturated carbocycles. The number of ether oxygens (including phenoxy) is 3. The molecular weight excluding hydrogens is 1770 g/mol. The summed E-state index contributed by atoms with van der Waals surface area (Å²) in [6.07, 6.45) is 15.7. The summed E-state index contributed by atoms with van der Waals surface area (Å²) in [6.45, 7) is 14.3. The van der Waals surface area contributed by atoms with E-state index >= 15 is 4.39 Å². The number of hydrazine groups is 1. The van der Waals surface area contributed by atoms with Crippen LogP contribution in [0, 0.1) is 72.9 Å². The number of aromatic amines is 2. The topological polar surface area (TPSA) is 279 Å². The van der Waals surface area contributed by atoms with Gasteiger partial charge in [-0.05, 0) is 244 Å². The molecule has 7 N–H and O–H groups in total. The van der Waals surface area contributed by atoms with Gasteiger partial charge in [-0.2, -0.15) is 15.3 Å². The van der Waals surface area contributed by atoms with Crippen molar-refractivity contribution in [1.29, 1.82) is 1.34 Å². The SMILES string of the molecule is C1CCOC1.CC(C)(C)OC(=O)NN.CC(C)(C)OC(=O)NN=C(c1ccncc1)c1cc(F)c(Br)cc1F.Cc1ccc(C(=O)NC2CC2)cc1-c1cc2[nH]nc(-c3ccncc3)c2cc1F.Fc1cc2c(-c3ccncc3)n[nH]c2cc1Br.O=C(c1ccncc1)c1cc(F)c(Br)cc1F.[2H][B].[U]. The molecule has 2 aliphatic rings. The predicted octanol–water partition coefficient (Wildman–Crippen LogP) is 16.4. The predicted molar refractivity (Wildman–Crippen MR) is 393 cm³/mol. The van der Waals surface area contributed by atoms with E-state index in [1.807, 2.05) is 42.7 Å². The van der Waals surface area contributed by atoms with Crippen molar-refractivity contribution >= 4 is 108 Å². The first-order valence-corrected chi connectivity index (χ1v) is 33.7. The number of halogens is 9. The average Bonchev–Trinajstić information content (AvgIpc) is 1.68. The number of carbonyl (C=O) groups excluding carboxylic acids is 4. The number of aryl methyl sites for hydroxylation is 1. The van der Waals surface area contributed by atoms with E-state index < -0.39 is 52.4 Å². The Hall–Kier alpha value is -8.95. The van der Waals surface area contributed by atoms with Gasteiger partial charge in [0, 0.05) is 158 Å². The first-order valence-electron chi connectivity index (χ1n) is 31.9. The summed E-state index contributed by atoms with van der Waals surface area (Å²) < 4.78 is 104. The maximum absolute atomic E-state index is 15.2. The van der Waals surface area contributed by atoms with Crippen molar-refractivity contribution in [2.45, 2.75) is 91.4 Å². The summed E-state index contributed by atoms with van der Waals surface area (Å²) in [6, 6.07) is 29.3. The summed E-state index contributed by atoms with van der Waals surface area (Å²) in [4.78, 5) is 62.1. The summed E-state index contributed by atoms with van der Waals surface area (Å²) in [7, 11) is 3.75. The molecule has 0 bridgehead atoms. The minimum atomic E-state index is -0.808. The number of aromatic nitrogens is 8. The Labute approximate surface area is 647 Å². The molecule has 1 aliphatic heterocycles. The number of benzene rings is 5. The number of nitrogens with two attached hydrogens (primary N) is 1. The summed E-state index contributed by atoms with van der Waals surface area (Å²) >= 11 is 8.92. The smallest absolute Gasteiger partial charge is 0.428 e. The Kier molecular flexibility index (Phi) is 31.1. The van der Waals surface area contributed by atoms with Gasteiger partial charge < -0.3 is 19.5 Å². The number of hydrogen-bond donors (Lipinski definition) is 6. The third-order valence-electron chi connectivity index (χ3n) is 14.3. The minimum absolute atomic E-state index is 0. The van der Waals surface area contributed by atoms with Crippen LogP contribution in [0.3, 0.4) is 0 Å². The van der Waals surface area contributed by atoms with E-state index in [-0.39, 0.29) is 86.0 Å². The van der Waals surface area contributed by atoms with Crippen molar-refractivity contribution in [3.05, 3.63) is 247 Å². The number of amides is 3. The standard InChI is InChI=1S/C23H19FN4O.C17H16BrF2N3O2.C12H6BrF2NO.C12H7BrFN3.C5H12N2O2.C4H8O.BH.U/c1-13-2-3-15(23(29)26-16-4-5-16)10-17(13)18-12-21-19(11-20(18)24)22(28-27-21)14-6-8-25-9-7-14;1-17(2,3)25-16(24)23-22-15(10-4-6-21-7-5-10)11-8-14(20)12(18)9-13(11)19;13-9-6-10(14)8(5-11(9)15)12(17)7-1-3-16-4-2-7;13-9-6-11-8(5-10(9)14)12(17-16-11)7-1-3-15-4-2-7;1-5(2,3)9-4(8)7-6;1-2-4-5-3-1;;/h2-3,6-12,16H,4-5H2,1H3,(H,26,29)(H,27,28);4-9H,1-3H3,(H,23,24);1-6H;1-6H,(H,16,17);6H2,1-3H3,(H,7,8);1-4H2;1H;/i;;;;;;1D;. The number of hydrogen-bond acceptors (Lipinski definition) is 15. The Morgan fingerprint density at radius 1 is 0.558 bits per heavy atom. The number of pyridine rings is 4. The molecule has 1 aliphatic carbocycles. The summed E-state index contributed by atoms with van der Waals surface area (Å²) in [5.41, 5.74) is 10.5. The molecule has 3 amide bonds. The van der Waals surface area contributed by atoms with E-state index in [0.29, 0.717) is 37.8 Å². The fourth-order valence-electron chi connectivity index (χ4n) is 9.34. The van der Waals surface area contributed by atoms with Crippen LogP contribution in [0.2, 0.25) is 0 Å². The third-order valence-corrected chi connectivity index (χ3v) is 16.1. The normalized spacial score (nSPS) is 12.3. The van der Waals surface area contributed by atoms with Crippen molar-refractivity contribution < 1.29 is 90.8 Å². The van der Waals surface area contributed by atoms with Gasteiger partial charge in [0.2, 0.25) is 0 Å². The monoisotopic (exact) mass is 1840 g/mol. The second-order valence-corrected chi connectivity index (χ2v) is 27.0. The van der Waals surface area contributed by atoms with Gasteiger partial charge in [-0.15, -0.1) is 0 Å². The van der Waals surface area contributed by atoms with Gasteiger partial charge in [0.15, 0.2) is 5.78 Å². The molecule has 538 valence electrons. The van der Waals surface area contributed by atoms with Crippen molar-refractivity contribution in [2.75, 3.05) is 13.2 Å². The quantitative estimate of drug-likeness (QED) is 0.0109. The molecule has 0 atom stereocenters. The number of nitrogens with one attached hydrogen (secondary N) is 5. The van der Waals surface area contributed by atoms with Crippen LogP contribution < -0.4 is 22.0 Å². The van der Waals surface area contributed by atoms with Crippen molar-refractivity contribution in [2.24, 2.45) is 10.9 Å². The van der Waals surface area contributed by atoms with Gasteiger partial charge in [0.05, 0.1) is 30.0 Å². The van der Waals surface area contributed by atoms with E-state index in [1.165, 1.54) is 61.9 Å². The van der Waals surface area contributed by atoms with Gasteiger partial charge >= 0.3 is 12.2 Å². The molecule has 31 heteroatoms. The van der Waals surface area contributed by atoms with E-state index in [9.17, 15) is 41.1 Å². The Balaban J connectivity index is 0.000000208. The molecule has 7 heterocycles. The van der Waals surface area contributed by atoms with E-state index in [0.717, 1.165) is 89.1 Å². The zero-order valence-electron chi connectivity index (χ0n) is 58.0. The number of hydrazone groups is 1. The minimum Gasteiger partial charge on any atom is -0.443 e. The van der Waals surface area contributed by atoms with Crippen molar-refractivity contribution in [3.63, 3.8) is 0 Å². The molecule has 0 spiro atoms. The van der Waals surface area contributed by atoms with Gasteiger partial charge in [-0.3, -0.25) is 45.1 Å². The zero-order valence-corrected chi connectivity index (χ0v) is 65.9. The summed E-state index contributed by atoms with van der Waals surface area (Å²) in [5.74, 6) is 0.624. The van der Waals surface area contributed by atoms with Crippen LogP contribution in [0.5, 0.6) is 0 Å². The van der Waals surface area contributed by atoms with Gasteiger partial charge in [0.25, 0.3) is 5.91 Å². The fourth-order valence-corrected chi connectivity index (χ4v) is 10.3. The van der Waals surface area contributed by atoms with Crippen LogP contribution in [-0.2, 0) is 14.2 Å². The molecule has 2 fully saturated rings. The van der Waals surface area contributed by atoms with Crippen LogP contribution in [0.4, 0.5) is 35.9 Å². The fraction of sp³-hybridized carbons (Fsp3) is 0.219. The number of H-pyrrole nitrogens is 2. The van der Waals surface area contributed by atoms with Gasteiger partial charge in [0.1, 0.15) is 63.2 Å². The number of carbonyl (C=O) groups is 4. The molecule has 6 aromatic heterocycles. The van der Waals surface area contributed by atoms with Gasteiger partial charge in [-0.1, -0.05) is 6.07 Å². The second kappa shape index (κ2) is 39.2. The van der Waals surface area contributed by atoms with E-state index in [2.05, 4.69) is 112 Å². The first kappa shape index (κ1) is 82.3. The number of ketones is 1. The van der Waals surface area contributed by atoms with Crippen molar-refractivity contribution in [3.8, 4) is 33.6 Å². The Morgan fingerprint density at radius 2 is 1.00 bits per heavy atom. The number of rotatable bonds is 10. The van der Waals surface area contributed by atoms with Crippen LogP contribution in [0.15, 0.2) is 183 Å². The number of nitrogens with zero attached hydrogens (tertiary/aromatic N) is 7. The van der Waals surface area contributed by atoms with E-state index in [1.54, 1.807) is 103 Å². The molecule has 20 nitrogen and oxygen atoms in total.